The van der Waals surface area contributed by atoms with Crippen LogP contribution in [-0.4, -0.2) is 24.2 Å². The van der Waals surface area contributed by atoms with Gasteiger partial charge in [-0.05, 0) is 6.92 Å². The van der Waals surface area contributed by atoms with E-state index in [4.69, 9.17) is 5.73 Å². The zero-order chi connectivity index (χ0) is 8.97. The number of rotatable bonds is 3. The van der Waals surface area contributed by atoms with E-state index in [-0.39, 0.29) is 5.91 Å². The van der Waals surface area contributed by atoms with Crippen molar-refractivity contribution in [1.82, 2.24) is 10.5 Å². The molecule has 12 heavy (non-hydrogen) atoms. The van der Waals surface area contributed by atoms with E-state index in [2.05, 4.69) is 15.0 Å². The van der Waals surface area contributed by atoms with Gasteiger partial charge in [-0.2, -0.15) is 0 Å². The fraction of sp³-hybridized carbons (Fsp3) is 0.429. The molecule has 0 atom stereocenters. The average Bonchev–Trinajstić information content (AvgIpc) is 2.47. The van der Waals surface area contributed by atoms with Crippen molar-refractivity contribution in [3.05, 3.63) is 17.5 Å². The van der Waals surface area contributed by atoms with Crippen LogP contribution in [0.4, 0.5) is 0 Å². The molecule has 0 fully saturated rings. The second kappa shape index (κ2) is 3.87. The lowest BCUT2D eigenvalue weighted by Gasteiger charge is -1.99. The van der Waals surface area contributed by atoms with Crippen LogP contribution in [0.2, 0.25) is 0 Å². The van der Waals surface area contributed by atoms with E-state index >= 15 is 0 Å². The highest BCUT2D eigenvalue weighted by Gasteiger charge is 2.10. The molecule has 5 heteroatoms. The fourth-order valence-corrected chi connectivity index (χ4v) is 0.791. The summed E-state index contributed by atoms with van der Waals surface area (Å²) in [5, 5.41) is 6.19. The molecule has 0 saturated heterocycles. The van der Waals surface area contributed by atoms with Crippen LogP contribution in [0.25, 0.3) is 0 Å². The molecular formula is C7H11N3O2. The van der Waals surface area contributed by atoms with Gasteiger partial charge in [0.15, 0.2) is 0 Å². The van der Waals surface area contributed by atoms with Crippen LogP contribution in [0, 0.1) is 6.92 Å². The van der Waals surface area contributed by atoms with Gasteiger partial charge in [0.25, 0.3) is 5.91 Å². The van der Waals surface area contributed by atoms with Crippen LogP contribution in [0.15, 0.2) is 10.8 Å². The van der Waals surface area contributed by atoms with Gasteiger partial charge in [-0.15, -0.1) is 0 Å². The maximum atomic E-state index is 11.2. The fourth-order valence-electron chi connectivity index (χ4n) is 0.791. The Morgan fingerprint density at radius 2 is 2.58 bits per heavy atom. The number of nitrogens with two attached hydrogens (primary N) is 1. The van der Waals surface area contributed by atoms with Gasteiger partial charge in [0.2, 0.25) is 0 Å². The highest BCUT2D eigenvalue weighted by molar-refractivity contribution is 5.94. The third-order valence-corrected chi connectivity index (χ3v) is 1.42. The Morgan fingerprint density at radius 3 is 3.08 bits per heavy atom. The maximum absolute atomic E-state index is 11.2. The number of aromatic nitrogens is 1. The number of amides is 1. The minimum absolute atomic E-state index is 0.195. The number of hydrogen-bond donors (Lipinski definition) is 2. The Morgan fingerprint density at radius 1 is 1.83 bits per heavy atom. The first-order valence-electron chi connectivity index (χ1n) is 3.65. The molecule has 3 N–H and O–H groups in total. The molecule has 0 saturated carbocycles. The van der Waals surface area contributed by atoms with Crippen molar-refractivity contribution in [1.29, 1.82) is 0 Å². The van der Waals surface area contributed by atoms with Gasteiger partial charge in [-0.25, -0.2) is 0 Å². The van der Waals surface area contributed by atoms with E-state index < -0.39 is 0 Å². The van der Waals surface area contributed by atoms with E-state index in [1.807, 2.05) is 0 Å². The number of carbonyl (C=O) groups excluding carboxylic acids is 1. The first kappa shape index (κ1) is 8.73. The third kappa shape index (κ3) is 1.82. The lowest BCUT2D eigenvalue weighted by molar-refractivity contribution is 0.0953. The summed E-state index contributed by atoms with van der Waals surface area (Å²) in [6, 6.07) is 0. The van der Waals surface area contributed by atoms with Gasteiger partial charge >= 0.3 is 0 Å². The number of nitrogens with one attached hydrogen (secondary N) is 1. The van der Waals surface area contributed by atoms with Crippen LogP contribution in [0.1, 0.15) is 16.1 Å². The molecule has 0 unspecified atom stereocenters. The van der Waals surface area contributed by atoms with Crippen LogP contribution in [0.3, 0.4) is 0 Å². The summed E-state index contributed by atoms with van der Waals surface area (Å²) in [6.07, 6.45) is 1.32. The van der Waals surface area contributed by atoms with Gasteiger partial charge in [-0.3, -0.25) is 4.79 Å². The van der Waals surface area contributed by atoms with Crippen LogP contribution in [0.5, 0.6) is 0 Å². The highest BCUT2D eigenvalue weighted by atomic mass is 16.5. The number of hydrogen-bond acceptors (Lipinski definition) is 4. The molecule has 0 aliphatic heterocycles. The number of aryl methyl sites for hydroxylation is 1. The molecule has 1 amide bonds. The highest BCUT2D eigenvalue weighted by Crippen LogP contribution is 2.03. The summed E-state index contributed by atoms with van der Waals surface area (Å²) in [5.74, 6) is -0.195. The molecule has 0 spiro atoms. The summed E-state index contributed by atoms with van der Waals surface area (Å²) < 4.78 is 4.60. The van der Waals surface area contributed by atoms with Gasteiger partial charge in [-0.1, -0.05) is 5.16 Å². The van der Waals surface area contributed by atoms with E-state index in [0.29, 0.717) is 24.3 Å². The second-order valence-corrected chi connectivity index (χ2v) is 2.36. The summed E-state index contributed by atoms with van der Waals surface area (Å²) in [4.78, 5) is 11.2. The van der Waals surface area contributed by atoms with Crippen LogP contribution < -0.4 is 11.1 Å². The van der Waals surface area contributed by atoms with Gasteiger partial charge in [0.1, 0.15) is 11.8 Å². The Balaban J connectivity index is 2.59. The van der Waals surface area contributed by atoms with Crippen LogP contribution in [-0.2, 0) is 0 Å². The van der Waals surface area contributed by atoms with Crippen molar-refractivity contribution >= 4 is 5.91 Å². The van der Waals surface area contributed by atoms with Crippen molar-refractivity contribution in [3.8, 4) is 0 Å². The van der Waals surface area contributed by atoms with Crippen molar-refractivity contribution in [3.63, 3.8) is 0 Å². The van der Waals surface area contributed by atoms with E-state index in [0.717, 1.165) is 0 Å². The number of carbonyl (C=O) groups is 1. The van der Waals surface area contributed by atoms with Crippen molar-refractivity contribution in [2.24, 2.45) is 5.73 Å². The molecule has 1 rings (SSSR count). The molecule has 0 aliphatic carbocycles. The first-order chi connectivity index (χ1) is 5.75. The Bertz CT molecular complexity index is 269. The van der Waals surface area contributed by atoms with Crippen molar-refractivity contribution in [2.45, 2.75) is 6.92 Å². The van der Waals surface area contributed by atoms with Gasteiger partial charge < -0.3 is 15.6 Å². The van der Waals surface area contributed by atoms with Crippen LogP contribution >= 0.6 is 0 Å². The summed E-state index contributed by atoms with van der Waals surface area (Å²) in [5.41, 5.74) is 6.26. The molecule has 1 aromatic heterocycles. The lowest BCUT2D eigenvalue weighted by Crippen LogP contribution is -2.29. The monoisotopic (exact) mass is 169 g/mol. The molecule has 0 radical (unpaired) electrons. The standard InChI is InChI=1S/C7H11N3O2/c1-5-6(4-12-10-5)7(11)9-3-2-8/h4H,2-3,8H2,1H3,(H,9,11). The van der Waals surface area contributed by atoms with E-state index in [1.165, 1.54) is 6.26 Å². The topological polar surface area (TPSA) is 81.2 Å². The molecule has 0 aromatic carbocycles. The summed E-state index contributed by atoms with van der Waals surface area (Å²) >= 11 is 0. The SMILES string of the molecule is Cc1nocc1C(=O)NCCN. The average molecular weight is 169 g/mol. The van der Waals surface area contributed by atoms with Gasteiger partial charge in [0, 0.05) is 13.1 Å². The third-order valence-electron chi connectivity index (χ3n) is 1.42. The smallest absolute Gasteiger partial charge is 0.256 e. The zero-order valence-corrected chi connectivity index (χ0v) is 6.83. The molecule has 1 heterocycles. The molecule has 1 aromatic rings. The summed E-state index contributed by atoms with van der Waals surface area (Å²) in [6.45, 7) is 2.60. The lowest BCUT2D eigenvalue weighted by atomic mass is 10.2. The quantitative estimate of drug-likeness (QED) is 0.649. The normalized spacial score (nSPS) is 9.83. The second-order valence-electron chi connectivity index (χ2n) is 2.36. The predicted molar refractivity (Wildman–Crippen MR) is 42.6 cm³/mol. The maximum Gasteiger partial charge on any atom is 0.256 e. The van der Waals surface area contributed by atoms with E-state index in [9.17, 15) is 4.79 Å². The van der Waals surface area contributed by atoms with Crippen molar-refractivity contribution in [2.75, 3.05) is 13.1 Å². The van der Waals surface area contributed by atoms with Gasteiger partial charge in [0.05, 0.1) is 5.69 Å². The molecule has 0 bridgehead atoms. The minimum Gasteiger partial charge on any atom is -0.364 e. The molecular weight excluding hydrogens is 158 g/mol. The molecule has 66 valence electrons. The first-order valence-corrected chi connectivity index (χ1v) is 3.65. The molecule has 0 aliphatic rings. The number of nitrogens with zero attached hydrogens (tertiary/aromatic N) is 1. The largest absolute Gasteiger partial charge is 0.364 e. The molecule has 5 nitrogen and oxygen atoms in total. The van der Waals surface area contributed by atoms with E-state index in [1.54, 1.807) is 6.92 Å². The Hall–Kier alpha value is -1.36. The summed E-state index contributed by atoms with van der Waals surface area (Å²) in [7, 11) is 0. The predicted octanol–water partition coefficient (Wildman–Crippen LogP) is -0.328. The Labute approximate surface area is 69.9 Å². The zero-order valence-electron chi connectivity index (χ0n) is 6.83. The van der Waals surface area contributed by atoms with Crippen molar-refractivity contribution < 1.29 is 9.32 Å². The minimum atomic E-state index is -0.195. The Kier molecular flexibility index (Phi) is 2.82.